The van der Waals surface area contributed by atoms with Gasteiger partial charge in [0.25, 0.3) is 0 Å². The highest BCUT2D eigenvalue weighted by Gasteiger charge is 2.29. The highest BCUT2D eigenvalue weighted by atomic mass is 31.2. The third kappa shape index (κ3) is 76.9. The van der Waals surface area contributed by atoms with Crippen LogP contribution in [0.4, 0.5) is 0 Å². The Morgan fingerprint density at radius 2 is 0.525 bits per heavy atom. The topological polar surface area (TPSA) is 231 Å². The molecule has 0 aliphatic heterocycles. The molecule has 0 rings (SSSR count). The zero-order chi connectivity index (χ0) is 73.7. The van der Waals surface area contributed by atoms with Gasteiger partial charge in [-0.15, -0.1) is 0 Å². The molecule has 0 bridgehead atoms. The van der Waals surface area contributed by atoms with E-state index in [-0.39, 0.29) is 19.3 Å². The van der Waals surface area contributed by atoms with Gasteiger partial charge in [0.05, 0.1) is 26.4 Å². The maximum Gasteiger partial charge on any atom is 0.472 e. The van der Waals surface area contributed by atoms with Gasteiger partial charge in [0.1, 0.15) is 25.4 Å². The number of rotatable bonds is 75. The molecule has 0 aliphatic carbocycles. The molecule has 0 aromatic carbocycles. The lowest BCUT2D eigenvalue weighted by molar-refractivity contribution is -0.161. The van der Waals surface area contributed by atoms with Gasteiger partial charge in [-0.2, -0.15) is 0 Å². The van der Waals surface area contributed by atoms with Gasteiger partial charge in [-0.05, 0) is 128 Å². The molecular weight excluding hydrogens is 1310 g/mol. The summed E-state index contributed by atoms with van der Waals surface area (Å²) in [6, 6.07) is 0. The van der Waals surface area contributed by atoms with Crippen LogP contribution in [-0.4, -0.2) is 95.9 Å². The van der Waals surface area contributed by atoms with Crippen LogP contribution < -0.4 is 0 Å². The van der Waals surface area contributed by atoms with Gasteiger partial charge in [0.2, 0.25) is 0 Å². The molecule has 0 saturated carbocycles. The van der Waals surface area contributed by atoms with Crippen molar-refractivity contribution >= 4 is 33.6 Å². The lowest BCUT2D eigenvalue weighted by atomic mass is 10.0. The summed E-state index contributed by atoms with van der Waals surface area (Å²) >= 11 is 0. The second-order valence-electron chi connectivity index (χ2n) is 26.5. The maximum absolute atomic E-state index is 12.9. The van der Waals surface area contributed by atoms with Crippen molar-refractivity contribution in [1.82, 2.24) is 0 Å². The zero-order valence-electron chi connectivity index (χ0n) is 63.5. The molecule has 0 aliphatic rings. The van der Waals surface area contributed by atoms with Crippen LogP contribution >= 0.6 is 15.6 Å². The largest absolute Gasteiger partial charge is 0.472 e. The first kappa shape index (κ1) is 97.0. The highest BCUT2D eigenvalue weighted by molar-refractivity contribution is 7.47. The Kier molecular flexibility index (Phi) is 72.6. The number of aliphatic hydroxyl groups is 2. The molecule has 16 nitrogen and oxygen atoms in total. The summed E-state index contributed by atoms with van der Waals surface area (Å²) in [7, 11) is -9.78. The van der Waals surface area contributed by atoms with E-state index in [0.29, 0.717) is 19.3 Å². The summed E-state index contributed by atoms with van der Waals surface area (Å²) in [6.07, 6.45) is 89.8. The summed E-state index contributed by atoms with van der Waals surface area (Å²) in [4.78, 5) is 58.5. The number of allylic oxidation sites excluding steroid dienone is 20. The molecule has 5 atom stereocenters. The number of phosphoric ester groups is 2. The van der Waals surface area contributed by atoms with Gasteiger partial charge in [-0.1, -0.05) is 303 Å². The molecule has 4 N–H and O–H groups in total. The molecule has 0 aromatic rings. The number of aliphatic hydroxyl groups excluding tert-OH is 2. The lowest BCUT2D eigenvalue weighted by Crippen LogP contribution is -2.30. The molecule has 0 radical (unpaired) electrons. The summed E-state index contributed by atoms with van der Waals surface area (Å²) in [5.41, 5.74) is 0. The van der Waals surface area contributed by atoms with Crippen molar-refractivity contribution in [2.75, 3.05) is 39.6 Å². The fourth-order valence-electron chi connectivity index (χ4n) is 10.6. The van der Waals surface area contributed by atoms with E-state index in [1.807, 2.05) is 0 Å². The monoisotopic (exact) mass is 1460 g/mol. The predicted octanol–water partition coefficient (Wildman–Crippen LogP) is 23.3. The van der Waals surface area contributed by atoms with Crippen LogP contribution in [0.5, 0.6) is 0 Å². The molecular formula is C83H144O16P2. The molecule has 582 valence electrons. The fourth-order valence-corrected chi connectivity index (χ4v) is 12.2. The summed E-state index contributed by atoms with van der Waals surface area (Å²) in [6.45, 7) is 2.44. The third-order valence-electron chi connectivity index (χ3n) is 16.7. The quantitative estimate of drug-likeness (QED) is 0.0146. The van der Waals surface area contributed by atoms with Gasteiger partial charge in [0, 0.05) is 19.3 Å². The molecule has 0 saturated heterocycles. The Bertz CT molecular complexity index is 2320. The van der Waals surface area contributed by atoms with Crippen LogP contribution in [0, 0.1) is 0 Å². The lowest BCUT2D eigenvalue weighted by Gasteiger charge is -2.21. The number of unbranched alkanes of at least 4 members (excludes halogenated alkanes) is 32. The molecule has 0 amide bonds. The molecule has 5 unspecified atom stereocenters. The normalized spacial score (nSPS) is 14.6. The van der Waals surface area contributed by atoms with E-state index in [4.69, 9.17) is 32.3 Å². The number of hydrogen-bond acceptors (Lipinski definition) is 14. The molecule has 101 heavy (non-hydrogen) atoms. The predicted molar refractivity (Wildman–Crippen MR) is 417 cm³/mol. The molecule has 0 fully saturated rings. The smallest absolute Gasteiger partial charge is 0.463 e. The van der Waals surface area contributed by atoms with Crippen molar-refractivity contribution in [2.24, 2.45) is 0 Å². The zero-order valence-corrected chi connectivity index (χ0v) is 65.3. The standard InChI is InChI=1S/C83H144O16P2/c1-4-7-10-13-16-19-22-25-27-29-30-31-32-33-34-35-36-37-38-39-40-41-42-43-44-45-46-48-50-52-54-57-60-63-66-69-81(86)93-72-78(84)73-95-100(89,90)96-74-79(85)75-97-101(91,92)98-77-80(99-83(88)71-68-65-62-59-56-51-24-21-18-15-12-9-6-3)76-94-82(87)70-67-64-61-58-55-53-49-47-28-26-23-20-17-14-11-8-5-2/h7-8,10-11,16-17,19-21,24-28,30-31,33-34,36-37,78-80,84-85H,4-6,9,12-15,18,22-23,29,32,35,38-77H2,1-3H3,(H,89,90)(H,91,92)/b10-7-,11-8-,19-16-,20-17-,24-21-,27-25-,28-26-,31-30-,34-33-,37-36-. The van der Waals surface area contributed by atoms with E-state index in [1.54, 1.807) is 0 Å². The minimum atomic E-state index is -4.93. The number of esters is 3. The van der Waals surface area contributed by atoms with Gasteiger partial charge in [0.15, 0.2) is 6.10 Å². The van der Waals surface area contributed by atoms with Crippen LogP contribution in [0.25, 0.3) is 0 Å². The minimum absolute atomic E-state index is 0.0923. The van der Waals surface area contributed by atoms with Gasteiger partial charge in [-0.25, -0.2) is 9.13 Å². The van der Waals surface area contributed by atoms with E-state index >= 15 is 0 Å². The maximum atomic E-state index is 12.9. The van der Waals surface area contributed by atoms with Gasteiger partial charge in [-0.3, -0.25) is 32.5 Å². The Morgan fingerprint density at radius 1 is 0.287 bits per heavy atom. The van der Waals surface area contributed by atoms with E-state index in [1.165, 1.54) is 109 Å². The van der Waals surface area contributed by atoms with Gasteiger partial charge >= 0.3 is 33.6 Å². The Balaban J connectivity index is 4.36. The number of carbonyl (C=O) groups is 3. The second-order valence-corrected chi connectivity index (χ2v) is 29.4. The van der Waals surface area contributed by atoms with Crippen molar-refractivity contribution in [3.05, 3.63) is 122 Å². The van der Waals surface area contributed by atoms with E-state index in [2.05, 4.69) is 142 Å². The fraction of sp³-hybridized carbons (Fsp3) is 0.723. The number of carbonyl (C=O) groups excluding carboxylic acids is 3. The highest BCUT2D eigenvalue weighted by Crippen LogP contribution is 2.45. The number of phosphoric acid groups is 2. The van der Waals surface area contributed by atoms with Crippen molar-refractivity contribution < 1.29 is 75.8 Å². The Labute approximate surface area is 614 Å². The molecule has 0 heterocycles. The molecule has 0 spiro atoms. The summed E-state index contributed by atoms with van der Waals surface area (Å²) < 4.78 is 61.1. The average Bonchev–Trinajstić information content (AvgIpc) is 0.940. The number of hydrogen-bond donors (Lipinski definition) is 4. The molecule has 0 aromatic heterocycles. The van der Waals surface area contributed by atoms with Crippen LogP contribution in [0.3, 0.4) is 0 Å². The SMILES string of the molecule is CC/C=C\C/C=C\C/C=C\C/C=C\C/C=C\C/C=C\CCCCCCCCCCCCCCCCCCC(=O)OCC(O)COP(=O)(O)OCC(O)COP(=O)(O)OCC(COC(=O)CCCCCCCCC/C=C\C/C=C\C/C=C\CC)OC(=O)CCCCCCC/C=C\CCCCCC. The number of ether oxygens (including phenoxy) is 3. The summed E-state index contributed by atoms with van der Waals surface area (Å²) in [5.74, 6) is -1.59. The van der Waals surface area contributed by atoms with Crippen LogP contribution in [0.15, 0.2) is 122 Å². The summed E-state index contributed by atoms with van der Waals surface area (Å²) in [5, 5.41) is 20.6. The Morgan fingerprint density at radius 3 is 0.842 bits per heavy atom. The van der Waals surface area contributed by atoms with E-state index in [9.17, 15) is 43.5 Å². The molecule has 18 heteroatoms. The second kappa shape index (κ2) is 75.6. The van der Waals surface area contributed by atoms with E-state index in [0.717, 1.165) is 161 Å². The van der Waals surface area contributed by atoms with E-state index < -0.39 is 91.5 Å². The van der Waals surface area contributed by atoms with Crippen LogP contribution in [-0.2, 0) is 55.8 Å². The first-order valence-electron chi connectivity index (χ1n) is 39.8. The van der Waals surface area contributed by atoms with Crippen molar-refractivity contribution in [3.63, 3.8) is 0 Å². The van der Waals surface area contributed by atoms with Crippen molar-refractivity contribution in [3.8, 4) is 0 Å². The average molecular weight is 1460 g/mol. The Hall–Kier alpha value is -4.05. The van der Waals surface area contributed by atoms with Crippen LogP contribution in [0.2, 0.25) is 0 Å². The van der Waals surface area contributed by atoms with Crippen molar-refractivity contribution in [2.45, 2.75) is 347 Å². The third-order valence-corrected chi connectivity index (χ3v) is 18.6. The van der Waals surface area contributed by atoms with Gasteiger partial charge < -0.3 is 34.2 Å². The van der Waals surface area contributed by atoms with Crippen molar-refractivity contribution in [1.29, 1.82) is 0 Å². The van der Waals surface area contributed by atoms with Crippen LogP contribution in [0.1, 0.15) is 329 Å². The first-order chi connectivity index (χ1) is 49.2. The minimum Gasteiger partial charge on any atom is -0.463 e. The first-order valence-corrected chi connectivity index (χ1v) is 42.8.